The van der Waals surface area contributed by atoms with Gasteiger partial charge in [0.25, 0.3) is 0 Å². The molecule has 0 spiro atoms. The van der Waals surface area contributed by atoms with Crippen molar-refractivity contribution in [1.29, 1.82) is 0 Å². The number of imidazole rings is 1. The molecule has 0 saturated carbocycles. The van der Waals surface area contributed by atoms with Crippen molar-refractivity contribution in [1.82, 2.24) is 4.57 Å². The summed E-state index contributed by atoms with van der Waals surface area (Å²) < 4.78 is 20.0. The van der Waals surface area contributed by atoms with Crippen LogP contribution in [0.2, 0.25) is 0 Å². The van der Waals surface area contributed by atoms with E-state index < -0.39 is 11.9 Å². The minimum atomic E-state index is -0.435. The Bertz CT molecular complexity index is 1490. The molecule has 0 aliphatic carbocycles. The Morgan fingerprint density at radius 2 is 1.46 bits per heavy atom. The van der Waals surface area contributed by atoms with Crippen LogP contribution in [0.4, 0.5) is 11.4 Å². The van der Waals surface area contributed by atoms with Crippen molar-refractivity contribution in [2.45, 2.75) is 19.4 Å². The molecule has 0 aliphatic rings. The van der Waals surface area contributed by atoms with Crippen LogP contribution in [0.15, 0.2) is 121 Å². The van der Waals surface area contributed by atoms with Crippen molar-refractivity contribution in [3.05, 3.63) is 122 Å². The molecule has 41 heavy (non-hydrogen) atoms. The first-order valence-electron chi connectivity index (χ1n) is 13.1. The molecular formula is C32H31N4O5+. The normalized spacial score (nSPS) is 10.7. The van der Waals surface area contributed by atoms with Crippen LogP contribution in [0.3, 0.4) is 0 Å². The highest BCUT2D eigenvalue weighted by molar-refractivity contribution is 5.91. The van der Waals surface area contributed by atoms with E-state index in [-0.39, 0.29) is 0 Å². The number of hydrogen-bond acceptors (Lipinski definition) is 7. The number of benzene rings is 3. The minimum absolute atomic E-state index is 0.345. The largest absolute Gasteiger partial charge is 0.494 e. The lowest BCUT2D eigenvalue weighted by molar-refractivity contribution is -0.687. The number of azo groups is 1. The second-order valence-electron chi connectivity index (χ2n) is 8.92. The average molecular weight is 552 g/mol. The molecule has 208 valence electrons. The fourth-order valence-corrected chi connectivity index (χ4v) is 3.67. The number of nitrogens with zero attached hydrogens (tertiary/aromatic N) is 4. The predicted molar refractivity (Wildman–Crippen MR) is 154 cm³/mol. The van der Waals surface area contributed by atoms with Crippen LogP contribution in [-0.2, 0) is 16.1 Å². The molecule has 0 unspecified atom stereocenters. The molecule has 0 amide bonds. The smallest absolute Gasteiger partial charge is 0.343 e. The third-order valence-electron chi connectivity index (χ3n) is 5.86. The zero-order valence-corrected chi connectivity index (χ0v) is 22.6. The maximum absolute atomic E-state index is 12.6. The van der Waals surface area contributed by atoms with Crippen LogP contribution in [-0.4, -0.2) is 29.7 Å². The number of carbonyl (C=O) groups is 2. The number of rotatable bonds is 14. The van der Waals surface area contributed by atoms with Crippen LogP contribution in [0.5, 0.6) is 11.5 Å². The Morgan fingerprint density at radius 3 is 2.07 bits per heavy atom. The van der Waals surface area contributed by atoms with Crippen LogP contribution >= 0.6 is 0 Å². The highest BCUT2D eigenvalue weighted by Gasteiger charge is 2.10. The number of ether oxygens (including phenoxy) is 3. The Balaban J connectivity index is 1.21. The van der Waals surface area contributed by atoms with Gasteiger partial charge in [0.05, 0.1) is 36.4 Å². The summed E-state index contributed by atoms with van der Waals surface area (Å²) >= 11 is 0. The van der Waals surface area contributed by atoms with Gasteiger partial charge >= 0.3 is 11.9 Å². The van der Waals surface area contributed by atoms with E-state index in [0.29, 0.717) is 48.9 Å². The van der Waals surface area contributed by atoms with Crippen LogP contribution in [0.1, 0.15) is 28.8 Å². The summed E-state index contributed by atoms with van der Waals surface area (Å²) in [6, 6.07) is 21.4. The fourth-order valence-electron chi connectivity index (χ4n) is 3.67. The topological polar surface area (TPSA) is 95.4 Å². The van der Waals surface area contributed by atoms with E-state index in [1.165, 1.54) is 0 Å². The average Bonchev–Trinajstić information content (AvgIpc) is 3.46. The van der Waals surface area contributed by atoms with Gasteiger partial charge in [-0.3, -0.25) is 0 Å². The molecule has 0 bridgehead atoms. The maximum atomic E-state index is 12.6. The lowest BCUT2D eigenvalue weighted by atomic mass is 10.1. The third-order valence-corrected chi connectivity index (χ3v) is 5.86. The summed E-state index contributed by atoms with van der Waals surface area (Å²) in [5.74, 6) is 0.281. The van der Waals surface area contributed by atoms with Gasteiger partial charge in [0.1, 0.15) is 30.4 Å². The van der Waals surface area contributed by atoms with Crippen molar-refractivity contribution < 1.29 is 28.4 Å². The van der Waals surface area contributed by atoms with E-state index in [9.17, 15) is 9.59 Å². The summed E-state index contributed by atoms with van der Waals surface area (Å²) in [6.07, 6.45) is 10.1. The Kier molecular flexibility index (Phi) is 10.3. The predicted octanol–water partition coefficient (Wildman–Crippen LogP) is 6.45. The summed E-state index contributed by atoms with van der Waals surface area (Å²) in [5.41, 5.74) is 2.82. The fraction of sp³-hybridized carbons (Fsp3) is 0.156. The van der Waals surface area contributed by atoms with Gasteiger partial charge in [-0.25, -0.2) is 18.7 Å². The minimum Gasteiger partial charge on any atom is -0.494 e. The summed E-state index contributed by atoms with van der Waals surface area (Å²) in [5, 5.41) is 8.48. The van der Waals surface area contributed by atoms with Crippen LogP contribution in [0.25, 0.3) is 6.20 Å². The maximum Gasteiger partial charge on any atom is 0.343 e. The SMILES string of the molecule is C=CC(=O)OCCCCOc1ccc(/N=N/c2ccc(OC(=O)c3ccc(C[n+]4ccn(C=C)c4)cc3)cc2)cc1. The first-order chi connectivity index (χ1) is 20.0. The highest BCUT2D eigenvalue weighted by atomic mass is 16.5. The lowest BCUT2D eigenvalue weighted by Gasteiger charge is -2.06. The summed E-state index contributed by atoms with van der Waals surface area (Å²) in [6.45, 7) is 8.63. The van der Waals surface area contributed by atoms with E-state index in [0.717, 1.165) is 23.8 Å². The van der Waals surface area contributed by atoms with Gasteiger partial charge in [-0.15, -0.1) is 0 Å². The standard InChI is InChI=1S/C32H31N4O5/c1-3-31(37)40-22-6-5-21-39-29-15-11-27(12-16-29)33-34-28-13-17-30(18-14-28)41-32(38)26-9-7-25(8-10-26)23-36-20-19-35(4-2)24-36/h3-4,7-20,24H,1-2,5-6,21-23H2/q+1/b34-33+. The first-order valence-corrected chi connectivity index (χ1v) is 13.1. The second kappa shape index (κ2) is 14.7. The first kappa shape index (κ1) is 28.7. The zero-order valence-electron chi connectivity index (χ0n) is 22.6. The monoisotopic (exact) mass is 551 g/mol. The number of hydrogen-bond donors (Lipinski definition) is 0. The number of carbonyl (C=O) groups excluding carboxylic acids is 2. The van der Waals surface area contributed by atoms with Crippen molar-refractivity contribution in [3.8, 4) is 11.5 Å². The van der Waals surface area contributed by atoms with E-state index in [1.807, 2.05) is 64.3 Å². The molecule has 1 aromatic heterocycles. The molecule has 3 aromatic carbocycles. The van der Waals surface area contributed by atoms with E-state index >= 15 is 0 Å². The van der Waals surface area contributed by atoms with Gasteiger partial charge in [-0.1, -0.05) is 25.3 Å². The number of esters is 2. The van der Waals surface area contributed by atoms with Gasteiger partial charge in [-0.2, -0.15) is 10.2 Å². The third kappa shape index (κ3) is 9.14. The molecule has 0 saturated heterocycles. The second-order valence-corrected chi connectivity index (χ2v) is 8.92. The van der Waals surface area contributed by atoms with Gasteiger partial charge in [-0.05, 0) is 79.1 Å². The number of unbranched alkanes of at least 4 members (excludes halogenated alkanes) is 1. The molecule has 1 heterocycles. The molecule has 0 aliphatic heterocycles. The van der Waals surface area contributed by atoms with Crippen molar-refractivity contribution >= 4 is 29.5 Å². The number of aromatic nitrogens is 2. The van der Waals surface area contributed by atoms with E-state index in [2.05, 4.69) is 23.4 Å². The van der Waals surface area contributed by atoms with Crippen molar-refractivity contribution in [3.63, 3.8) is 0 Å². The van der Waals surface area contributed by atoms with Crippen LogP contribution in [0, 0.1) is 0 Å². The quantitative estimate of drug-likeness (QED) is 0.0448. The van der Waals surface area contributed by atoms with Crippen molar-refractivity contribution in [2.75, 3.05) is 13.2 Å². The Morgan fingerprint density at radius 1 is 0.829 bits per heavy atom. The summed E-state index contributed by atoms with van der Waals surface area (Å²) in [7, 11) is 0. The van der Waals surface area contributed by atoms with Gasteiger partial charge in [0.2, 0.25) is 6.33 Å². The lowest BCUT2D eigenvalue weighted by Crippen LogP contribution is -2.31. The van der Waals surface area contributed by atoms with Crippen molar-refractivity contribution in [2.24, 2.45) is 10.2 Å². The molecule has 0 radical (unpaired) electrons. The Labute approximate surface area is 238 Å². The van der Waals surface area contributed by atoms with E-state index in [1.54, 1.807) is 42.6 Å². The molecule has 9 nitrogen and oxygen atoms in total. The van der Waals surface area contributed by atoms with Gasteiger partial charge < -0.3 is 14.2 Å². The summed E-state index contributed by atoms with van der Waals surface area (Å²) in [4.78, 5) is 23.6. The van der Waals surface area contributed by atoms with Gasteiger partial charge in [0, 0.05) is 6.08 Å². The Hall–Kier alpha value is -5.31. The zero-order chi connectivity index (χ0) is 28.9. The van der Waals surface area contributed by atoms with Crippen LogP contribution < -0.4 is 14.0 Å². The van der Waals surface area contributed by atoms with Gasteiger partial charge in [0.15, 0.2) is 0 Å². The molecule has 4 rings (SSSR count). The molecule has 9 heteroatoms. The molecule has 0 atom stereocenters. The molecule has 4 aromatic rings. The molecule has 0 fully saturated rings. The highest BCUT2D eigenvalue weighted by Crippen LogP contribution is 2.23. The van der Waals surface area contributed by atoms with E-state index in [4.69, 9.17) is 14.2 Å². The molecular weight excluding hydrogens is 520 g/mol. The molecule has 0 N–H and O–H groups in total.